The molecule has 0 amide bonds. The van der Waals surface area contributed by atoms with Gasteiger partial charge in [-0.2, -0.15) is 0 Å². The molecule has 4 rings (SSSR count). The van der Waals surface area contributed by atoms with Crippen LogP contribution in [0.5, 0.6) is 5.75 Å². The van der Waals surface area contributed by atoms with Crippen molar-refractivity contribution < 1.29 is 9.26 Å². The molecule has 0 radical (unpaired) electrons. The van der Waals surface area contributed by atoms with E-state index in [2.05, 4.69) is 20.3 Å². The third-order valence-corrected chi connectivity index (χ3v) is 4.86. The van der Waals surface area contributed by atoms with Crippen molar-refractivity contribution in [3.8, 4) is 16.5 Å². The second kappa shape index (κ2) is 6.37. The number of nitrogens with zero attached hydrogens (tertiary/aromatic N) is 4. The lowest BCUT2D eigenvalue weighted by atomic mass is 10.2. The summed E-state index contributed by atoms with van der Waals surface area (Å²) < 4.78 is 10.8. The molecule has 1 aliphatic heterocycles. The van der Waals surface area contributed by atoms with E-state index in [1.54, 1.807) is 12.3 Å². The molecule has 0 aliphatic carbocycles. The van der Waals surface area contributed by atoms with E-state index in [0.29, 0.717) is 12.6 Å². The highest BCUT2D eigenvalue weighted by Crippen LogP contribution is 2.32. The van der Waals surface area contributed by atoms with Crippen LogP contribution in [-0.2, 0) is 0 Å². The Morgan fingerprint density at radius 3 is 2.96 bits per heavy atom. The highest BCUT2D eigenvalue weighted by atomic mass is 32.1. The number of hydrogen-bond donors (Lipinski definition) is 0. The molecule has 0 bridgehead atoms. The van der Waals surface area contributed by atoms with E-state index in [-0.39, 0.29) is 0 Å². The van der Waals surface area contributed by atoms with Crippen LogP contribution in [0.2, 0.25) is 0 Å². The van der Waals surface area contributed by atoms with Gasteiger partial charge >= 0.3 is 0 Å². The van der Waals surface area contributed by atoms with Gasteiger partial charge in [0.25, 0.3) is 0 Å². The van der Waals surface area contributed by atoms with E-state index >= 15 is 0 Å². The number of benzene rings is 1. The molecule has 0 spiro atoms. The van der Waals surface area contributed by atoms with Crippen molar-refractivity contribution in [2.75, 3.05) is 18.1 Å². The lowest BCUT2D eigenvalue weighted by Gasteiger charge is -2.23. The molecule has 1 aromatic carbocycles. The van der Waals surface area contributed by atoms with E-state index in [9.17, 15) is 0 Å². The average molecular weight is 328 g/mol. The molecular weight excluding hydrogens is 312 g/mol. The van der Waals surface area contributed by atoms with Gasteiger partial charge in [0, 0.05) is 12.6 Å². The lowest BCUT2D eigenvalue weighted by Crippen LogP contribution is -2.34. The Kier molecular flexibility index (Phi) is 3.94. The van der Waals surface area contributed by atoms with Crippen LogP contribution in [0, 0.1) is 0 Å². The number of hydrogen-bond acceptors (Lipinski definition) is 7. The summed E-state index contributed by atoms with van der Waals surface area (Å²) in [4.78, 5) is 2.28. The number of aromatic nitrogens is 3. The predicted octanol–water partition coefficient (Wildman–Crippen LogP) is 3.24. The van der Waals surface area contributed by atoms with Crippen LogP contribution in [0.25, 0.3) is 10.7 Å². The van der Waals surface area contributed by atoms with E-state index < -0.39 is 0 Å². The van der Waals surface area contributed by atoms with Crippen molar-refractivity contribution >= 4 is 16.5 Å². The number of anilines is 1. The molecule has 23 heavy (non-hydrogen) atoms. The lowest BCUT2D eigenvalue weighted by molar-refractivity contribution is 0.288. The Morgan fingerprint density at radius 2 is 2.13 bits per heavy atom. The summed E-state index contributed by atoms with van der Waals surface area (Å²) in [6.07, 6.45) is 3.79. The maximum Gasteiger partial charge on any atom is 0.209 e. The van der Waals surface area contributed by atoms with E-state index in [0.717, 1.165) is 41.0 Å². The summed E-state index contributed by atoms with van der Waals surface area (Å²) in [7, 11) is 0. The highest BCUT2D eigenvalue weighted by Gasteiger charge is 2.28. The first-order chi connectivity index (χ1) is 11.4. The molecule has 3 aromatic rings. The van der Waals surface area contributed by atoms with Gasteiger partial charge in [-0.25, -0.2) is 0 Å². The number of para-hydroxylation sites is 1. The van der Waals surface area contributed by atoms with Gasteiger partial charge in [-0.15, -0.1) is 10.2 Å². The normalized spacial score (nSPS) is 17.6. The van der Waals surface area contributed by atoms with Gasteiger partial charge in [-0.05, 0) is 25.0 Å². The van der Waals surface area contributed by atoms with Crippen molar-refractivity contribution in [3.05, 3.63) is 42.7 Å². The van der Waals surface area contributed by atoms with Crippen molar-refractivity contribution in [3.63, 3.8) is 0 Å². The molecule has 1 atom stereocenters. The van der Waals surface area contributed by atoms with Crippen LogP contribution in [-0.4, -0.2) is 34.5 Å². The van der Waals surface area contributed by atoms with Crippen molar-refractivity contribution in [1.29, 1.82) is 0 Å². The van der Waals surface area contributed by atoms with E-state index in [1.165, 1.54) is 11.3 Å². The predicted molar refractivity (Wildman–Crippen MR) is 87.7 cm³/mol. The van der Waals surface area contributed by atoms with Crippen molar-refractivity contribution in [2.45, 2.75) is 18.9 Å². The fraction of sp³-hybridized carbons (Fsp3) is 0.312. The second-order valence-electron chi connectivity index (χ2n) is 5.39. The molecule has 1 aliphatic rings. The third kappa shape index (κ3) is 3.05. The molecule has 2 aromatic heterocycles. The Labute approximate surface area is 137 Å². The van der Waals surface area contributed by atoms with Crippen molar-refractivity contribution in [2.24, 2.45) is 0 Å². The highest BCUT2D eigenvalue weighted by molar-refractivity contribution is 7.18. The molecular formula is C16H16N4O2S. The first-order valence-electron chi connectivity index (χ1n) is 7.59. The van der Waals surface area contributed by atoms with Crippen LogP contribution >= 0.6 is 11.3 Å². The van der Waals surface area contributed by atoms with Gasteiger partial charge in [0.1, 0.15) is 24.3 Å². The molecule has 118 valence electrons. The summed E-state index contributed by atoms with van der Waals surface area (Å²) in [5.74, 6) is 0.903. The van der Waals surface area contributed by atoms with Crippen molar-refractivity contribution in [1.82, 2.24) is 15.4 Å². The molecule has 1 saturated heterocycles. The topological polar surface area (TPSA) is 64.3 Å². The third-order valence-electron chi connectivity index (χ3n) is 3.88. The zero-order chi connectivity index (χ0) is 15.5. The first-order valence-corrected chi connectivity index (χ1v) is 8.40. The SMILES string of the molecule is c1ccc(OC[C@@H]2CCCN2c2nnc(-c3ccon3)s2)cc1. The monoisotopic (exact) mass is 328 g/mol. The second-order valence-corrected chi connectivity index (χ2v) is 6.34. The van der Waals surface area contributed by atoms with Gasteiger partial charge in [0.2, 0.25) is 5.13 Å². The zero-order valence-corrected chi connectivity index (χ0v) is 13.3. The molecule has 0 saturated carbocycles. The summed E-state index contributed by atoms with van der Waals surface area (Å²) >= 11 is 1.54. The van der Waals surface area contributed by atoms with Crippen LogP contribution in [0.3, 0.4) is 0 Å². The fourth-order valence-electron chi connectivity index (χ4n) is 2.73. The average Bonchev–Trinajstić information content (AvgIpc) is 3.32. The minimum Gasteiger partial charge on any atom is -0.491 e. The summed E-state index contributed by atoms with van der Waals surface area (Å²) in [5.41, 5.74) is 0.727. The number of rotatable bonds is 5. The van der Waals surface area contributed by atoms with Gasteiger partial charge < -0.3 is 14.2 Å². The number of ether oxygens (including phenoxy) is 1. The van der Waals surface area contributed by atoms with Crippen LogP contribution in [0.1, 0.15) is 12.8 Å². The molecule has 0 N–H and O–H groups in total. The Bertz CT molecular complexity index is 745. The van der Waals surface area contributed by atoms with Crippen LogP contribution < -0.4 is 9.64 Å². The Balaban J connectivity index is 1.45. The Hall–Kier alpha value is -2.41. The molecule has 7 heteroatoms. The van der Waals surface area contributed by atoms with Crippen LogP contribution in [0.4, 0.5) is 5.13 Å². The summed E-state index contributed by atoms with van der Waals surface area (Å²) in [6.45, 7) is 1.64. The first kappa shape index (κ1) is 14.2. The molecule has 1 fully saturated rings. The van der Waals surface area contributed by atoms with Crippen LogP contribution in [0.15, 0.2) is 47.2 Å². The maximum absolute atomic E-state index is 5.91. The smallest absolute Gasteiger partial charge is 0.209 e. The fourth-order valence-corrected chi connectivity index (χ4v) is 3.63. The molecule has 0 unspecified atom stereocenters. The molecule has 6 nitrogen and oxygen atoms in total. The maximum atomic E-state index is 5.91. The largest absolute Gasteiger partial charge is 0.491 e. The quantitative estimate of drug-likeness (QED) is 0.716. The standard InChI is InChI=1S/C16H16N4O2S/c1-2-6-13(7-3-1)21-11-12-5-4-9-20(12)16-18-17-15(23-16)14-8-10-22-19-14/h1-3,6-8,10,12H,4-5,9,11H2/t12-/m0/s1. The Morgan fingerprint density at radius 1 is 1.22 bits per heavy atom. The minimum absolute atomic E-state index is 0.327. The van der Waals surface area contributed by atoms with Gasteiger partial charge in [-0.1, -0.05) is 34.7 Å². The van der Waals surface area contributed by atoms with E-state index in [1.807, 2.05) is 30.3 Å². The molecule has 3 heterocycles. The van der Waals surface area contributed by atoms with Gasteiger partial charge in [0.15, 0.2) is 5.01 Å². The summed E-state index contributed by atoms with van der Waals surface area (Å²) in [6, 6.07) is 12.0. The minimum atomic E-state index is 0.327. The van der Waals surface area contributed by atoms with Gasteiger partial charge in [0.05, 0.1) is 6.04 Å². The summed E-state index contributed by atoms with van der Waals surface area (Å²) in [5, 5.41) is 14.1. The van der Waals surface area contributed by atoms with E-state index in [4.69, 9.17) is 9.26 Å². The zero-order valence-electron chi connectivity index (χ0n) is 12.5. The van der Waals surface area contributed by atoms with Gasteiger partial charge in [-0.3, -0.25) is 0 Å².